The normalized spacial score (nSPS) is 11.1. The van der Waals surface area contributed by atoms with Gasteiger partial charge in [-0.3, -0.25) is 9.10 Å². The first-order chi connectivity index (χ1) is 16.7. The van der Waals surface area contributed by atoms with Gasteiger partial charge in [-0.15, -0.1) is 0 Å². The van der Waals surface area contributed by atoms with Crippen LogP contribution in [0.4, 0.5) is 11.4 Å². The summed E-state index contributed by atoms with van der Waals surface area (Å²) < 4.78 is 32.9. The van der Waals surface area contributed by atoms with Crippen molar-refractivity contribution in [2.45, 2.75) is 24.7 Å². The van der Waals surface area contributed by atoms with E-state index in [0.29, 0.717) is 17.9 Å². The predicted octanol–water partition coefficient (Wildman–Crippen LogP) is 5.78. The zero-order chi connectivity index (χ0) is 25.4. The topological polar surface area (TPSA) is 92.8 Å². The maximum absolute atomic E-state index is 13.4. The Morgan fingerprint density at radius 3 is 2.26 bits per heavy atom. The molecule has 0 heterocycles. The Kier molecular flexibility index (Phi) is 9.14. The van der Waals surface area contributed by atoms with Gasteiger partial charge in [-0.25, -0.2) is 13.2 Å². The summed E-state index contributed by atoms with van der Waals surface area (Å²) in [6, 6.07) is 18.2. The summed E-state index contributed by atoms with van der Waals surface area (Å²) in [4.78, 5) is 24.9. The van der Waals surface area contributed by atoms with Crippen molar-refractivity contribution >= 4 is 56.5 Å². The van der Waals surface area contributed by atoms with Crippen molar-refractivity contribution in [1.29, 1.82) is 0 Å². The molecule has 0 atom stereocenters. The van der Waals surface area contributed by atoms with Crippen LogP contribution in [0, 0.1) is 0 Å². The van der Waals surface area contributed by atoms with Gasteiger partial charge in [0.1, 0.15) is 6.54 Å². The van der Waals surface area contributed by atoms with Gasteiger partial charge in [-0.2, -0.15) is 0 Å². The van der Waals surface area contributed by atoms with E-state index in [0.717, 1.165) is 17.1 Å². The summed E-state index contributed by atoms with van der Waals surface area (Å²) in [6.07, 6.45) is 1.69. The summed E-state index contributed by atoms with van der Waals surface area (Å²) >= 11 is 12.1. The van der Waals surface area contributed by atoms with E-state index in [1.165, 1.54) is 42.5 Å². The summed E-state index contributed by atoms with van der Waals surface area (Å²) in [7, 11) is -4.09. The van der Waals surface area contributed by atoms with Crippen LogP contribution in [-0.2, 0) is 19.6 Å². The number of carbonyl (C=O) groups is 2. The van der Waals surface area contributed by atoms with Gasteiger partial charge in [-0.05, 0) is 61.0 Å². The molecule has 0 aliphatic rings. The van der Waals surface area contributed by atoms with E-state index in [1.54, 1.807) is 30.3 Å². The zero-order valence-corrected chi connectivity index (χ0v) is 21.2. The van der Waals surface area contributed by atoms with Gasteiger partial charge in [0.2, 0.25) is 5.91 Å². The lowest BCUT2D eigenvalue weighted by Crippen LogP contribution is -2.38. The SMILES string of the molecule is CCCCOC(=O)c1ccc(NC(=O)CN(c2ccc(Cl)c(Cl)c2)S(=O)(=O)c2ccccc2)cc1. The Hall–Kier alpha value is -3.07. The minimum Gasteiger partial charge on any atom is -0.462 e. The standard InChI is InChI=1S/C25H24Cl2N2O5S/c1-2-3-15-34-25(31)18-9-11-19(12-10-18)28-24(30)17-29(20-13-14-22(26)23(27)16-20)35(32,33)21-7-5-4-6-8-21/h4-14,16H,2-3,15,17H2,1H3,(H,28,30). The highest BCUT2D eigenvalue weighted by Gasteiger charge is 2.27. The average Bonchev–Trinajstić information content (AvgIpc) is 2.85. The molecule has 0 spiro atoms. The number of nitrogens with one attached hydrogen (secondary N) is 1. The fourth-order valence-corrected chi connectivity index (χ4v) is 4.81. The van der Waals surface area contributed by atoms with Crippen molar-refractivity contribution in [1.82, 2.24) is 0 Å². The van der Waals surface area contributed by atoms with E-state index >= 15 is 0 Å². The molecule has 10 heteroatoms. The number of ether oxygens (including phenoxy) is 1. The third-order valence-corrected chi connectivity index (χ3v) is 7.47. The van der Waals surface area contributed by atoms with E-state index < -0.39 is 28.4 Å². The van der Waals surface area contributed by atoms with Crippen LogP contribution in [-0.4, -0.2) is 33.4 Å². The minimum absolute atomic E-state index is 0.0183. The highest BCUT2D eigenvalue weighted by molar-refractivity contribution is 7.92. The molecule has 0 unspecified atom stereocenters. The molecule has 184 valence electrons. The number of rotatable bonds is 10. The molecule has 1 amide bonds. The second-order valence-corrected chi connectivity index (χ2v) is 10.2. The van der Waals surface area contributed by atoms with Crippen molar-refractivity contribution in [2.24, 2.45) is 0 Å². The Morgan fingerprint density at radius 2 is 1.63 bits per heavy atom. The van der Waals surface area contributed by atoms with Gasteiger partial charge in [0.25, 0.3) is 10.0 Å². The summed E-state index contributed by atoms with van der Waals surface area (Å²) in [5.41, 5.74) is 0.929. The lowest BCUT2D eigenvalue weighted by atomic mass is 10.2. The number of hydrogen-bond acceptors (Lipinski definition) is 5. The Labute approximate surface area is 214 Å². The van der Waals surface area contributed by atoms with Crippen LogP contribution in [0.3, 0.4) is 0 Å². The monoisotopic (exact) mass is 534 g/mol. The number of unbranched alkanes of at least 4 members (excludes halogenated alkanes) is 1. The molecular weight excluding hydrogens is 511 g/mol. The second-order valence-electron chi connectivity index (χ2n) is 7.54. The Morgan fingerprint density at radius 1 is 0.943 bits per heavy atom. The van der Waals surface area contributed by atoms with Crippen LogP contribution in [0.25, 0.3) is 0 Å². The highest BCUT2D eigenvalue weighted by atomic mass is 35.5. The molecule has 35 heavy (non-hydrogen) atoms. The highest BCUT2D eigenvalue weighted by Crippen LogP contribution is 2.30. The number of nitrogens with zero attached hydrogens (tertiary/aromatic N) is 1. The Bertz CT molecular complexity index is 1280. The zero-order valence-electron chi connectivity index (χ0n) is 18.9. The first-order valence-corrected chi connectivity index (χ1v) is 13.0. The van der Waals surface area contributed by atoms with Gasteiger partial charge in [0.05, 0.1) is 32.8 Å². The van der Waals surface area contributed by atoms with E-state index in [-0.39, 0.29) is 20.6 Å². The molecule has 0 aliphatic heterocycles. The molecule has 0 radical (unpaired) electrons. The van der Waals surface area contributed by atoms with E-state index in [4.69, 9.17) is 27.9 Å². The maximum Gasteiger partial charge on any atom is 0.338 e. The largest absolute Gasteiger partial charge is 0.462 e. The lowest BCUT2D eigenvalue weighted by Gasteiger charge is -2.24. The van der Waals surface area contributed by atoms with Crippen LogP contribution >= 0.6 is 23.2 Å². The molecule has 0 aliphatic carbocycles. The number of carbonyl (C=O) groups excluding carboxylic acids is 2. The molecule has 3 rings (SSSR count). The van der Waals surface area contributed by atoms with Crippen molar-refractivity contribution < 1.29 is 22.7 Å². The van der Waals surface area contributed by atoms with E-state index in [9.17, 15) is 18.0 Å². The van der Waals surface area contributed by atoms with Gasteiger partial charge in [0, 0.05) is 5.69 Å². The fraction of sp³-hybridized carbons (Fsp3) is 0.200. The number of esters is 1. The van der Waals surface area contributed by atoms with Crippen LogP contribution in [0.1, 0.15) is 30.1 Å². The van der Waals surface area contributed by atoms with Crippen LogP contribution in [0.15, 0.2) is 77.7 Å². The number of halogens is 2. The molecule has 0 saturated carbocycles. The van der Waals surface area contributed by atoms with Crippen molar-refractivity contribution in [3.63, 3.8) is 0 Å². The van der Waals surface area contributed by atoms with Gasteiger partial charge >= 0.3 is 5.97 Å². The van der Waals surface area contributed by atoms with Crippen LogP contribution in [0.2, 0.25) is 10.0 Å². The van der Waals surface area contributed by atoms with E-state index in [1.807, 2.05) is 6.92 Å². The molecule has 0 fully saturated rings. The molecule has 3 aromatic carbocycles. The van der Waals surface area contributed by atoms with Crippen molar-refractivity contribution in [3.05, 3.63) is 88.4 Å². The molecule has 3 aromatic rings. The maximum atomic E-state index is 13.4. The summed E-state index contributed by atoms with van der Waals surface area (Å²) in [6.45, 7) is 1.82. The molecule has 1 N–H and O–H groups in total. The molecular formula is C25H24Cl2N2O5S. The molecule has 0 saturated heterocycles. The van der Waals surface area contributed by atoms with Crippen LogP contribution < -0.4 is 9.62 Å². The van der Waals surface area contributed by atoms with Gasteiger partial charge in [0.15, 0.2) is 0 Å². The van der Waals surface area contributed by atoms with E-state index in [2.05, 4.69) is 5.32 Å². The first kappa shape index (κ1) is 26.5. The van der Waals surface area contributed by atoms with Crippen LogP contribution in [0.5, 0.6) is 0 Å². The number of hydrogen-bond donors (Lipinski definition) is 1. The summed E-state index contributed by atoms with van der Waals surface area (Å²) in [5.74, 6) is -1.04. The number of anilines is 2. The molecule has 0 aromatic heterocycles. The Balaban J connectivity index is 1.79. The van der Waals surface area contributed by atoms with Gasteiger partial charge < -0.3 is 10.1 Å². The molecule has 0 bridgehead atoms. The quantitative estimate of drug-likeness (QED) is 0.262. The average molecular weight is 535 g/mol. The van der Waals surface area contributed by atoms with Crippen molar-refractivity contribution in [3.8, 4) is 0 Å². The first-order valence-electron chi connectivity index (χ1n) is 10.8. The number of benzene rings is 3. The van der Waals surface area contributed by atoms with Crippen molar-refractivity contribution in [2.75, 3.05) is 22.8 Å². The third-order valence-electron chi connectivity index (χ3n) is 4.94. The third kappa shape index (κ3) is 6.97. The number of sulfonamides is 1. The fourth-order valence-electron chi connectivity index (χ4n) is 3.09. The lowest BCUT2D eigenvalue weighted by molar-refractivity contribution is -0.114. The minimum atomic E-state index is -4.09. The number of amides is 1. The molecule has 7 nitrogen and oxygen atoms in total. The second kappa shape index (κ2) is 12.1. The van der Waals surface area contributed by atoms with Gasteiger partial charge in [-0.1, -0.05) is 54.7 Å². The summed E-state index contributed by atoms with van der Waals surface area (Å²) in [5, 5.41) is 3.06. The predicted molar refractivity (Wildman–Crippen MR) is 138 cm³/mol. The smallest absolute Gasteiger partial charge is 0.338 e.